The molecule has 2 fully saturated rings. The maximum Gasteiger partial charge on any atom is 0.305 e. The maximum absolute atomic E-state index is 14.1. The molecule has 0 radical (unpaired) electrons. The molecular formula is C26H31FN6O6S. The fourth-order valence-corrected chi connectivity index (χ4v) is 7.67. The van der Waals surface area contributed by atoms with E-state index in [2.05, 4.69) is 5.10 Å². The van der Waals surface area contributed by atoms with Gasteiger partial charge in [-0.2, -0.15) is 12.7 Å². The quantitative estimate of drug-likeness (QED) is 0.462. The number of ether oxygens (including phenoxy) is 1. The van der Waals surface area contributed by atoms with E-state index in [0.717, 1.165) is 8.99 Å². The van der Waals surface area contributed by atoms with Gasteiger partial charge in [-0.3, -0.25) is 14.4 Å². The molecule has 40 heavy (non-hydrogen) atoms. The van der Waals surface area contributed by atoms with Crippen molar-refractivity contribution >= 4 is 33.4 Å². The topological polar surface area (TPSA) is 125 Å². The minimum Gasteiger partial charge on any atom is -0.493 e. The third kappa shape index (κ3) is 4.07. The van der Waals surface area contributed by atoms with Gasteiger partial charge in [0.1, 0.15) is 22.8 Å². The van der Waals surface area contributed by atoms with Gasteiger partial charge in [0.15, 0.2) is 11.9 Å². The van der Waals surface area contributed by atoms with Crippen molar-refractivity contribution in [1.29, 1.82) is 0 Å². The summed E-state index contributed by atoms with van der Waals surface area (Å²) >= 11 is 0. The minimum atomic E-state index is -4.01. The van der Waals surface area contributed by atoms with Crippen molar-refractivity contribution < 1.29 is 27.1 Å². The number of anilines is 2. The Labute approximate surface area is 231 Å². The van der Waals surface area contributed by atoms with Gasteiger partial charge in [-0.05, 0) is 39.2 Å². The zero-order valence-corrected chi connectivity index (χ0v) is 23.2. The lowest BCUT2D eigenvalue weighted by molar-refractivity contribution is -0.133. The van der Waals surface area contributed by atoms with Gasteiger partial charge in [-0.25, -0.2) is 13.4 Å². The molecule has 214 valence electrons. The van der Waals surface area contributed by atoms with Crippen molar-refractivity contribution in [3.63, 3.8) is 0 Å². The van der Waals surface area contributed by atoms with E-state index in [4.69, 9.17) is 4.74 Å². The summed E-state index contributed by atoms with van der Waals surface area (Å²) in [6.07, 6.45) is 1.94. The standard InChI is InChI=1S/C26H31FN6O6S/c1-3-29-14-16(2)33-21-20(23(34)22(33)26(29)36)25(35)31-15-17-7-8-18(27)13-19(17)39-12-6-4-5-9-30-10-11-32(24(21)28-31)40(30,37)38/h7-8,13,16,22H,3-6,9-12,14-15H2,1-2H3/t16-,22?/m0/s1. The minimum absolute atomic E-state index is 0.0583. The Morgan fingerprint density at radius 2 is 1.90 bits per heavy atom. The number of hydrogen-bond acceptors (Lipinski definition) is 8. The SMILES string of the molecule is CCN1C[C@H](C)N2c3c4nn(c(=O)c3C(=O)C2C1=O)Cc1ccc(F)cc1OCCCCCN1CCN4S1(=O)=O. The summed E-state index contributed by atoms with van der Waals surface area (Å²) in [5.74, 6) is -1.42. The van der Waals surface area contributed by atoms with Crippen LogP contribution in [0.15, 0.2) is 23.0 Å². The van der Waals surface area contributed by atoms with Crippen molar-refractivity contribution in [1.82, 2.24) is 19.0 Å². The summed E-state index contributed by atoms with van der Waals surface area (Å²) in [5.41, 5.74) is -0.462. The van der Waals surface area contributed by atoms with Crippen LogP contribution in [0.5, 0.6) is 5.75 Å². The molecule has 1 amide bonds. The largest absolute Gasteiger partial charge is 0.493 e. The van der Waals surface area contributed by atoms with E-state index < -0.39 is 39.3 Å². The van der Waals surface area contributed by atoms with Gasteiger partial charge in [0.05, 0.1) is 19.7 Å². The first-order valence-electron chi connectivity index (χ1n) is 13.6. The van der Waals surface area contributed by atoms with Crippen LogP contribution in [0.3, 0.4) is 0 Å². The number of nitrogens with zero attached hydrogens (tertiary/aromatic N) is 6. The zero-order valence-electron chi connectivity index (χ0n) is 22.4. The number of halogens is 1. The first-order chi connectivity index (χ1) is 19.1. The second kappa shape index (κ2) is 9.84. The molecule has 0 spiro atoms. The highest BCUT2D eigenvalue weighted by molar-refractivity contribution is 7.90. The van der Waals surface area contributed by atoms with E-state index in [9.17, 15) is 27.2 Å². The number of aromatic nitrogens is 2. The first kappa shape index (κ1) is 26.7. The molecule has 12 nitrogen and oxygen atoms in total. The number of piperazine rings is 1. The molecule has 0 N–H and O–H groups in total. The van der Waals surface area contributed by atoms with Crippen LogP contribution >= 0.6 is 0 Å². The number of ketones is 1. The van der Waals surface area contributed by atoms with E-state index in [1.807, 2.05) is 13.8 Å². The number of rotatable bonds is 1. The third-order valence-electron chi connectivity index (χ3n) is 8.08. The smallest absolute Gasteiger partial charge is 0.305 e. The molecule has 4 aliphatic heterocycles. The number of carbonyl (C=O) groups is 2. The highest BCUT2D eigenvalue weighted by Gasteiger charge is 2.54. The summed E-state index contributed by atoms with van der Waals surface area (Å²) in [7, 11) is -4.01. The molecule has 14 heteroatoms. The van der Waals surface area contributed by atoms with E-state index in [-0.39, 0.29) is 61.6 Å². The van der Waals surface area contributed by atoms with E-state index in [1.165, 1.54) is 22.5 Å². The lowest BCUT2D eigenvalue weighted by Gasteiger charge is -2.42. The number of likely N-dealkylation sites (N-methyl/N-ethyl adjacent to an activating group) is 1. The highest BCUT2D eigenvalue weighted by atomic mass is 32.2. The van der Waals surface area contributed by atoms with E-state index >= 15 is 0 Å². The Morgan fingerprint density at radius 3 is 2.67 bits per heavy atom. The van der Waals surface area contributed by atoms with E-state index in [1.54, 1.807) is 9.80 Å². The van der Waals surface area contributed by atoms with Crippen LogP contribution < -0.4 is 19.5 Å². The molecule has 4 bridgehead atoms. The molecule has 6 rings (SSSR count). The Bertz CT molecular complexity index is 1560. The molecule has 1 aromatic heterocycles. The Hall–Kier alpha value is -3.52. The van der Waals surface area contributed by atoms with Gasteiger partial charge >= 0.3 is 10.2 Å². The van der Waals surface area contributed by atoms with Crippen molar-refractivity contribution in [3.8, 4) is 5.75 Å². The summed E-state index contributed by atoms with van der Waals surface area (Å²) < 4.78 is 51.0. The predicted octanol–water partition coefficient (Wildman–Crippen LogP) is 0.982. The summed E-state index contributed by atoms with van der Waals surface area (Å²) in [6, 6.07) is 2.33. The molecule has 2 aromatic rings. The van der Waals surface area contributed by atoms with E-state index in [0.29, 0.717) is 37.9 Å². The molecule has 4 aliphatic rings. The van der Waals surface area contributed by atoms with Gasteiger partial charge in [0, 0.05) is 43.9 Å². The van der Waals surface area contributed by atoms with Crippen LogP contribution in [-0.2, 0) is 21.5 Å². The van der Waals surface area contributed by atoms with Crippen molar-refractivity contribution in [2.45, 2.75) is 51.7 Å². The summed E-state index contributed by atoms with van der Waals surface area (Å²) in [4.78, 5) is 44.2. The van der Waals surface area contributed by atoms with Crippen LogP contribution in [0, 0.1) is 5.82 Å². The summed E-state index contributed by atoms with van der Waals surface area (Å²) in [5, 5.41) is 4.53. The van der Waals surface area contributed by atoms with Crippen LogP contribution in [0.2, 0.25) is 0 Å². The Kier molecular flexibility index (Phi) is 6.56. The Balaban J connectivity index is 1.57. The summed E-state index contributed by atoms with van der Waals surface area (Å²) in [6.45, 7) is 5.07. The molecule has 0 saturated carbocycles. The van der Waals surface area contributed by atoms with Crippen LogP contribution in [0.4, 0.5) is 15.9 Å². The van der Waals surface area contributed by atoms with Crippen molar-refractivity contribution in [2.75, 3.05) is 48.5 Å². The van der Waals surface area contributed by atoms with Crippen molar-refractivity contribution in [2.24, 2.45) is 0 Å². The van der Waals surface area contributed by atoms with Gasteiger partial charge < -0.3 is 14.5 Å². The number of amides is 1. The number of benzene rings is 1. The molecular weight excluding hydrogens is 543 g/mol. The number of Topliss-reactive ketones (excluding diaryl/α,β-unsaturated/α-hetero) is 1. The second-order valence-electron chi connectivity index (χ2n) is 10.6. The van der Waals surface area contributed by atoms with Crippen LogP contribution in [0.1, 0.15) is 49.0 Å². The van der Waals surface area contributed by atoms with Crippen molar-refractivity contribution in [3.05, 3.63) is 45.5 Å². The third-order valence-corrected chi connectivity index (χ3v) is 10.0. The fourth-order valence-electron chi connectivity index (χ4n) is 6.06. The maximum atomic E-state index is 14.1. The number of fused-ring (bicyclic) bond motifs is 10. The lowest BCUT2D eigenvalue weighted by atomic mass is 10.0. The first-order valence-corrected chi connectivity index (χ1v) is 15.0. The second-order valence-corrected chi connectivity index (χ2v) is 12.4. The number of carbonyl (C=O) groups excluding carboxylic acids is 2. The van der Waals surface area contributed by atoms with Crippen LogP contribution in [0.25, 0.3) is 0 Å². The van der Waals surface area contributed by atoms with Gasteiger partial charge in [0.25, 0.3) is 11.5 Å². The molecule has 2 saturated heterocycles. The van der Waals surface area contributed by atoms with Gasteiger partial charge in [-0.1, -0.05) is 6.07 Å². The predicted molar refractivity (Wildman–Crippen MR) is 143 cm³/mol. The average Bonchev–Trinajstić information content (AvgIpc) is 3.39. The zero-order chi connectivity index (χ0) is 28.3. The molecule has 1 aromatic carbocycles. The normalized spacial score (nSPS) is 26.0. The number of hydrogen-bond donors (Lipinski definition) is 0. The molecule has 0 aliphatic carbocycles. The van der Waals surface area contributed by atoms with Gasteiger partial charge in [0.2, 0.25) is 5.78 Å². The molecule has 5 heterocycles. The monoisotopic (exact) mass is 574 g/mol. The lowest BCUT2D eigenvalue weighted by Crippen LogP contribution is -2.61. The molecule has 2 unspecified atom stereocenters. The fraction of sp³-hybridized carbons (Fsp3) is 0.538. The van der Waals surface area contributed by atoms with Gasteiger partial charge in [-0.15, -0.1) is 5.10 Å². The van der Waals surface area contributed by atoms with Crippen LogP contribution in [-0.4, -0.2) is 90.5 Å². The Morgan fingerprint density at radius 1 is 1.10 bits per heavy atom. The molecule has 3 atom stereocenters. The highest BCUT2D eigenvalue weighted by Crippen LogP contribution is 2.43. The average molecular weight is 575 g/mol.